The predicted molar refractivity (Wildman–Crippen MR) is 135 cm³/mol. The Morgan fingerprint density at radius 2 is 1.67 bits per heavy atom. The molecule has 164 valence electrons. The second-order valence-corrected chi connectivity index (χ2v) is 8.40. The molecule has 4 nitrogen and oxygen atoms in total. The van der Waals surface area contributed by atoms with Crippen LogP contribution in [-0.2, 0) is 12.8 Å². The maximum Gasteiger partial charge on any atom is 0.157 e. The van der Waals surface area contributed by atoms with Crippen LogP contribution in [0.4, 0.5) is 0 Å². The van der Waals surface area contributed by atoms with Gasteiger partial charge in [-0.05, 0) is 41.8 Å². The van der Waals surface area contributed by atoms with Gasteiger partial charge < -0.3 is 10.1 Å². The Labute approximate surface area is 194 Å². The van der Waals surface area contributed by atoms with Crippen LogP contribution in [0.5, 0.6) is 5.75 Å². The highest BCUT2D eigenvalue weighted by atomic mass is 16.5. The largest absolute Gasteiger partial charge is 0.497 e. The van der Waals surface area contributed by atoms with E-state index in [-0.39, 0.29) is 0 Å². The molecule has 5 rings (SSSR count). The maximum atomic E-state index is 5.29. The number of benzene rings is 3. The van der Waals surface area contributed by atoms with Crippen molar-refractivity contribution in [2.75, 3.05) is 7.11 Å². The van der Waals surface area contributed by atoms with E-state index in [0.717, 1.165) is 52.1 Å². The molecule has 3 aromatic carbocycles. The van der Waals surface area contributed by atoms with Crippen molar-refractivity contribution in [3.8, 4) is 5.75 Å². The van der Waals surface area contributed by atoms with Crippen LogP contribution in [0.2, 0.25) is 0 Å². The average Bonchev–Trinajstić information content (AvgIpc) is 3.16. The van der Waals surface area contributed by atoms with Gasteiger partial charge in [0.15, 0.2) is 5.48 Å². The summed E-state index contributed by atoms with van der Waals surface area (Å²) in [5, 5.41) is 4.59. The van der Waals surface area contributed by atoms with Gasteiger partial charge in [0.05, 0.1) is 29.5 Å². The topological polar surface area (TPSA) is 39.1 Å². The minimum absolute atomic E-state index is 0.717. The van der Waals surface area contributed by atoms with Gasteiger partial charge in [0.1, 0.15) is 5.75 Å². The molecule has 0 saturated carbocycles. The Morgan fingerprint density at radius 3 is 2.39 bits per heavy atom. The summed E-state index contributed by atoms with van der Waals surface area (Å²) in [7, 11) is 1.68. The molecule has 0 radical (unpaired) electrons. The molecule has 4 heteroatoms. The van der Waals surface area contributed by atoms with Gasteiger partial charge in [0.25, 0.3) is 0 Å². The smallest absolute Gasteiger partial charge is 0.157 e. The third-order valence-electron chi connectivity index (χ3n) is 5.99. The van der Waals surface area contributed by atoms with E-state index in [4.69, 9.17) is 9.72 Å². The van der Waals surface area contributed by atoms with Gasteiger partial charge >= 0.3 is 0 Å². The van der Waals surface area contributed by atoms with Crippen LogP contribution in [0.1, 0.15) is 27.9 Å². The van der Waals surface area contributed by atoms with E-state index in [1.165, 1.54) is 16.7 Å². The van der Waals surface area contributed by atoms with E-state index in [1.54, 1.807) is 7.11 Å². The number of aryl methyl sites for hydroxylation is 1. The lowest BCUT2D eigenvalue weighted by molar-refractivity contribution is 0.414. The first-order chi connectivity index (χ1) is 16.1. The van der Waals surface area contributed by atoms with Crippen LogP contribution >= 0.6 is 0 Å². The zero-order valence-electron chi connectivity index (χ0n) is 19.0. The fourth-order valence-corrected chi connectivity index (χ4v) is 4.21. The number of rotatable bonds is 6. The minimum atomic E-state index is 0.717. The van der Waals surface area contributed by atoms with Crippen LogP contribution in [-0.4, -0.2) is 16.7 Å². The zero-order valence-corrected chi connectivity index (χ0v) is 19.0. The second kappa shape index (κ2) is 8.83. The first-order valence-corrected chi connectivity index (χ1v) is 11.1. The number of fused-ring (bicyclic) bond motifs is 1. The summed E-state index contributed by atoms with van der Waals surface area (Å²) in [6.45, 7) is 6.52. The summed E-state index contributed by atoms with van der Waals surface area (Å²) in [4.78, 5) is 5.04. The molecule has 2 heterocycles. The van der Waals surface area contributed by atoms with Crippen molar-refractivity contribution in [1.82, 2.24) is 14.9 Å². The molecule has 0 amide bonds. The molecule has 1 aliphatic rings. The van der Waals surface area contributed by atoms with Crippen molar-refractivity contribution < 1.29 is 4.74 Å². The lowest BCUT2D eigenvalue weighted by Crippen LogP contribution is -2.35. The third kappa shape index (κ3) is 4.33. The maximum absolute atomic E-state index is 5.29. The van der Waals surface area contributed by atoms with Gasteiger partial charge in [-0.15, -0.1) is 0 Å². The fraction of sp³-hybridized carbons (Fsp3) is 0.138. The quantitative estimate of drug-likeness (QED) is 0.497. The van der Waals surface area contributed by atoms with Crippen LogP contribution in [0.3, 0.4) is 0 Å². The Bertz CT molecular complexity index is 1430. The Kier molecular flexibility index (Phi) is 5.57. The SMILES string of the molecule is C=c1c(Cc2ccc(OC)cc2)nc2n1C=C(c1cccc(C)c1)NC=2Cc1ccccc1. The highest BCUT2D eigenvalue weighted by molar-refractivity contribution is 5.81. The van der Waals surface area contributed by atoms with Crippen LogP contribution < -0.4 is 20.9 Å². The monoisotopic (exact) mass is 433 g/mol. The summed E-state index contributed by atoms with van der Waals surface area (Å²) in [6, 6.07) is 27.2. The molecule has 4 aromatic rings. The van der Waals surface area contributed by atoms with E-state index in [2.05, 4.69) is 90.3 Å². The molecule has 1 aliphatic heterocycles. The van der Waals surface area contributed by atoms with Crippen molar-refractivity contribution in [2.45, 2.75) is 19.8 Å². The van der Waals surface area contributed by atoms with E-state index in [9.17, 15) is 0 Å². The van der Waals surface area contributed by atoms with Crippen molar-refractivity contribution in [2.24, 2.45) is 0 Å². The lowest BCUT2D eigenvalue weighted by Gasteiger charge is -2.19. The van der Waals surface area contributed by atoms with Gasteiger partial charge in [0, 0.05) is 19.0 Å². The molecule has 0 saturated heterocycles. The zero-order chi connectivity index (χ0) is 22.8. The summed E-state index contributed by atoms with van der Waals surface area (Å²) in [6.07, 6.45) is 3.60. The summed E-state index contributed by atoms with van der Waals surface area (Å²) in [5.74, 6) is 0.853. The Hall–Kier alpha value is -4.05. The molecule has 0 unspecified atom stereocenters. The molecule has 0 spiro atoms. The van der Waals surface area contributed by atoms with Gasteiger partial charge in [-0.1, -0.05) is 72.8 Å². The third-order valence-corrected chi connectivity index (χ3v) is 5.99. The molecule has 0 atom stereocenters. The fourth-order valence-electron chi connectivity index (χ4n) is 4.21. The van der Waals surface area contributed by atoms with E-state index in [0.29, 0.717) is 0 Å². The van der Waals surface area contributed by atoms with Gasteiger partial charge in [-0.2, -0.15) is 0 Å². The highest BCUT2D eigenvalue weighted by Gasteiger charge is 2.17. The normalized spacial score (nSPS) is 12.7. The van der Waals surface area contributed by atoms with E-state index < -0.39 is 0 Å². The molecule has 0 fully saturated rings. The van der Waals surface area contributed by atoms with Gasteiger partial charge in [0.2, 0.25) is 0 Å². The second-order valence-electron chi connectivity index (χ2n) is 8.40. The molecule has 33 heavy (non-hydrogen) atoms. The van der Waals surface area contributed by atoms with Crippen LogP contribution in [0.25, 0.3) is 24.2 Å². The number of nitrogens with zero attached hydrogens (tertiary/aromatic N) is 2. The number of nitrogens with one attached hydrogen (secondary N) is 1. The number of imidazole rings is 1. The molecule has 0 aliphatic carbocycles. The van der Waals surface area contributed by atoms with Crippen LogP contribution in [0, 0.1) is 6.92 Å². The average molecular weight is 434 g/mol. The number of hydrogen-bond acceptors (Lipinski definition) is 3. The lowest BCUT2D eigenvalue weighted by atomic mass is 10.1. The van der Waals surface area contributed by atoms with E-state index in [1.807, 2.05) is 18.2 Å². The van der Waals surface area contributed by atoms with Crippen molar-refractivity contribution >= 4 is 24.2 Å². The van der Waals surface area contributed by atoms with Crippen LogP contribution in [0.15, 0.2) is 78.9 Å². The minimum Gasteiger partial charge on any atom is -0.497 e. The molecule has 0 bridgehead atoms. The Balaban J connectivity index is 1.59. The summed E-state index contributed by atoms with van der Waals surface area (Å²) < 4.78 is 7.42. The Morgan fingerprint density at radius 1 is 0.909 bits per heavy atom. The van der Waals surface area contributed by atoms with Gasteiger partial charge in [-0.3, -0.25) is 4.57 Å². The summed E-state index contributed by atoms with van der Waals surface area (Å²) in [5.41, 5.74) is 8.82. The molecular weight excluding hydrogens is 406 g/mol. The predicted octanol–water partition coefficient (Wildman–Crippen LogP) is 4.11. The standard InChI is InChI=1S/C29H27N3O/c1-20-8-7-11-24(16-20)28-19-32-21(2)26(17-23-12-14-25(33-3)15-13-23)31-29(32)27(30-28)18-22-9-5-4-6-10-22/h4-16,19,30H,2,17-18H2,1,3H3. The van der Waals surface area contributed by atoms with E-state index >= 15 is 0 Å². The van der Waals surface area contributed by atoms with Gasteiger partial charge in [-0.25, -0.2) is 4.98 Å². The molecular formula is C29H27N3O. The highest BCUT2D eigenvalue weighted by Crippen LogP contribution is 2.20. The number of hydrogen-bond donors (Lipinski definition) is 1. The molecule has 1 aromatic heterocycles. The van der Waals surface area contributed by atoms with Crippen molar-refractivity contribution in [3.05, 3.63) is 118 Å². The first kappa shape index (κ1) is 20.8. The van der Waals surface area contributed by atoms with Crippen molar-refractivity contribution in [3.63, 3.8) is 0 Å². The number of methoxy groups -OCH3 is 1. The first-order valence-electron chi connectivity index (χ1n) is 11.1. The molecule has 1 N–H and O–H groups in total. The van der Waals surface area contributed by atoms with Crippen molar-refractivity contribution in [1.29, 1.82) is 0 Å². The summed E-state index contributed by atoms with van der Waals surface area (Å²) >= 11 is 0. The number of ether oxygens (including phenoxy) is 1. The number of aromatic nitrogens is 2.